The Morgan fingerprint density at radius 2 is 2.15 bits per heavy atom. The van der Waals surface area contributed by atoms with Crippen LogP contribution in [-0.2, 0) is 6.42 Å². The molecule has 3 N–H and O–H groups in total. The van der Waals surface area contributed by atoms with Crippen molar-refractivity contribution >= 4 is 0 Å². The number of rotatable bonds is 5. The molecule has 2 unspecified atom stereocenters. The lowest BCUT2D eigenvalue weighted by Crippen LogP contribution is -2.60. The molecule has 7 heteroatoms. The Morgan fingerprint density at radius 1 is 1.40 bits per heavy atom. The summed E-state index contributed by atoms with van der Waals surface area (Å²) in [5.41, 5.74) is 2.98. The SMILES string of the molecule is CC(C)n1ncnc1CC(NN)C1CN(C)CCN1C. The quantitative estimate of drug-likeness (QED) is 0.559. The summed E-state index contributed by atoms with van der Waals surface area (Å²) in [7, 11) is 4.32. The maximum absolute atomic E-state index is 5.80. The molecule has 1 aromatic rings. The lowest BCUT2D eigenvalue weighted by Gasteiger charge is -2.41. The third-order valence-electron chi connectivity index (χ3n) is 4.12. The van der Waals surface area contributed by atoms with E-state index in [1.54, 1.807) is 6.33 Å². The fourth-order valence-corrected chi connectivity index (χ4v) is 2.83. The van der Waals surface area contributed by atoms with Crippen LogP contribution in [0.4, 0.5) is 0 Å². The number of nitrogens with two attached hydrogens (primary N) is 1. The highest BCUT2D eigenvalue weighted by atomic mass is 15.4. The van der Waals surface area contributed by atoms with Crippen LogP contribution in [0.25, 0.3) is 0 Å². The van der Waals surface area contributed by atoms with Crippen molar-refractivity contribution in [3.8, 4) is 0 Å². The topological polar surface area (TPSA) is 75.2 Å². The van der Waals surface area contributed by atoms with Gasteiger partial charge in [-0.3, -0.25) is 16.2 Å². The van der Waals surface area contributed by atoms with E-state index in [2.05, 4.69) is 53.3 Å². The Hall–Kier alpha value is -1.02. The zero-order valence-corrected chi connectivity index (χ0v) is 13.0. The van der Waals surface area contributed by atoms with Crippen LogP contribution < -0.4 is 11.3 Å². The predicted molar refractivity (Wildman–Crippen MR) is 79.1 cm³/mol. The Morgan fingerprint density at radius 3 is 2.80 bits per heavy atom. The molecule has 2 rings (SSSR count). The van der Waals surface area contributed by atoms with Gasteiger partial charge in [0, 0.05) is 44.2 Å². The minimum atomic E-state index is 0.171. The van der Waals surface area contributed by atoms with Crippen LogP contribution in [0.15, 0.2) is 6.33 Å². The van der Waals surface area contributed by atoms with Gasteiger partial charge in [0.1, 0.15) is 12.2 Å². The molecule has 2 atom stereocenters. The Bertz CT molecular complexity index is 417. The number of nitrogens with zero attached hydrogens (tertiary/aromatic N) is 5. The highest BCUT2D eigenvalue weighted by Crippen LogP contribution is 2.14. The van der Waals surface area contributed by atoms with Crippen molar-refractivity contribution in [3.05, 3.63) is 12.2 Å². The van der Waals surface area contributed by atoms with Crippen molar-refractivity contribution in [2.75, 3.05) is 33.7 Å². The minimum absolute atomic E-state index is 0.171. The molecule has 20 heavy (non-hydrogen) atoms. The second-order valence-corrected chi connectivity index (χ2v) is 6.00. The van der Waals surface area contributed by atoms with Crippen LogP contribution in [0.2, 0.25) is 0 Å². The van der Waals surface area contributed by atoms with Crippen LogP contribution in [0, 0.1) is 0 Å². The Kier molecular flexibility index (Phi) is 5.09. The average molecular weight is 281 g/mol. The molecule has 114 valence electrons. The van der Waals surface area contributed by atoms with Gasteiger partial charge in [0.25, 0.3) is 0 Å². The van der Waals surface area contributed by atoms with Crippen LogP contribution >= 0.6 is 0 Å². The van der Waals surface area contributed by atoms with E-state index in [0.717, 1.165) is 31.9 Å². The first-order valence-electron chi connectivity index (χ1n) is 7.26. The van der Waals surface area contributed by atoms with Crippen LogP contribution in [0.5, 0.6) is 0 Å². The molecule has 0 aromatic carbocycles. The highest BCUT2D eigenvalue weighted by molar-refractivity contribution is 4.97. The fraction of sp³-hybridized carbons (Fsp3) is 0.846. The second kappa shape index (κ2) is 6.62. The van der Waals surface area contributed by atoms with Crippen molar-refractivity contribution < 1.29 is 0 Å². The molecule has 0 radical (unpaired) electrons. The summed E-state index contributed by atoms with van der Waals surface area (Å²) in [6, 6.07) is 0.873. The molecule has 0 amide bonds. The zero-order chi connectivity index (χ0) is 14.7. The number of hydrazine groups is 1. The van der Waals surface area contributed by atoms with Crippen LogP contribution in [-0.4, -0.2) is 70.4 Å². The molecule has 7 nitrogen and oxygen atoms in total. The summed E-state index contributed by atoms with van der Waals surface area (Å²) in [6.45, 7) is 7.41. The molecule has 1 saturated heterocycles. The van der Waals surface area contributed by atoms with Gasteiger partial charge in [-0.15, -0.1) is 0 Å². The van der Waals surface area contributed by atoms with E-state index in [0.29, 0.717) is 12.1 Å². The van der Waals surface area contributed by atoms with Gasteiger partial charge in [-0.2, -0.15) is 5.10 Å². The molecule has 0 aliphatic carbocycles. The van der Waals surface area contributed by atoms with Gasteiger partial charge in [-0.1, -0.05) is 0 Å². The van der Waals surface area contributed by atoms with E-state index in [9.17, 15) is 0 Å². The number of piperazine rings is 1. The molecule has 1 aliphatic rings. The summed E-state index contributed by atoms with van der Waals surface area (Å²) >= 11 is 0. The summed E-state index contributed by atoms with van der Waals surface area (Å²) in [6.07, 6.45) is 2.41. The van der Waals surface area contributed by atoms with Gasteiger partial charge < -0.3 is 4.90 Å². The summed E-state index contributed by atoms with van der Waals surface area (Å²) in [5, 5.41) is 4.30. The number of hydrogen-bond donors (Lipinski definition) is 2. The molecule has 0 bridgehead atoms. The van der Waals surface area contributed by atoms with E-state index in [1.165, 1.54) is 0 Å². The molecule has 1 fully saturated rings. The number of hydrogen-bond acceptors (Lipinski definition) is 6. The van der Waals surface area contributed by atoms with Crippen molar-refractivity contribution in [2.45, 2.75) is 38.4 Å². The molecule has 1 aromatic heterocycles. The lowest BCUT2D eigenvalue weighted by molar-refractivity contribution is 0.0867. The van der Waals surface area contributed by atoms with E-state index < -0.39 is 0 Å². The van der Waals surface area contributed by atoms with Crippen LogP contribution in [0.1, 0.15) is 25.7 Å². The Labute approximate surface area is 121 Å². The van der Waals surface area contributed by atoms with Gasteiger partial charge in [-0.05, 0) is 27.9 Å². The summed E-state index contributed by atoms with van der Waals surface area (Å²) in [5.74, 6) is 6.79. The molecule has 0 saturated carbocycles. The largest absolute Gasteiger partial charge is 0.303 e. The van der Waals surface area contributed by atoms with E-state index in [-0.39, 0.29) is 6.04 Å². The third-order valence-corrected chi connectivity index (χ3v) is 4.12. The first-order valence-corrected chi connectivity index (χ1v) is 7.26. The number of nitrogens with one attached hydrogen (secondary N) is 1. The van der Waals surface area contributed by atoms with E-state index >= 15 is 0 Å². The molecular weight excluding hydrogens is 254 g/mol. The van der Waals surface area contributed by atoms with Gasteiger partial charge in [0.05, 0.1) is 0 Å². The van der Waals surface area contributed by atoms with Crippen LogP contribution in [0.3, 0.4) is 0 Å². The summed E-state index contributed by atoms with van der Waals surface area (Å²) in [4.78, 5) is 9.11. The molecule has 0 spiro atoms. The van der Waals surface area contributed by atoms with Gasteiger partial charge >= 0.3 is 0 Å². The maximum atomic E-state index is 5.80. The second-order valence-electron chi connectivity index (χ2n) is 6.00. The monoisotopic (exact) mass is 281 g/mol. The first-order chi connectivity index (χ1) is 9.52. The average Bonchev–Trinajstić information content (AvgIpc) is 2.87. The van der Waals surface area contributed by atoms with Crippen molar-refractivity contribution in [3.63, 3.8) is 0 Å². The van der Waals surface area contributed by atoms with E-state index in [1.807, 2.05) is 4.68 Å². The summed E-state index contributed by atoms with van der Waals surface area (Å²) < 4.78 is 1.97. The van der Waals surface area contributed by atoms with E-state index in [4.69, 9.17) is 5.84 Å². The smallest absolute Gasteiger partial charge is 0.138 e. The lowest BCUT2D eigenvalue weighted by atomic mass is 10.0. The van der Waals surface area contributed by atoms with Crippen molar-refractivity contribution in [1.29, 1.82) is 0 Å². The fourth-order valence-electron chi connectivity index (χ4n) is 2.83. The van der Waals surface area contributed by atoms with Gasteiger partial charge in [0.15, 0.2) is 0 Å². The normalized spacial score (nSPS) is 23.4. The first kappa shape index (κ1) is 15.4. The third kappa shape index (κ3) is 3.35. The molecule has 2 heterocycles. The minimum Gasteiger partial charge on any atom is -0.303 e. The van der Waals surface area contributed by atoms with Crippen molar-refractivity contribution in [1.82, 2.24) is 30.0 Å². The zero-order valence-electron chi connectivity index (χ0n) is 13.0. The van der Waals surface area contributed by atoms with Crippen molar-refractivity contribution in [2.24, 2.45) is 5.84 Å². The highest BCUT2D eigenvalue weighted by Gasteiger charge is 2.30. The number of aromatic nitrogens is 3. The van der Waals surface area contributed by atoms with Gasteiger partial charge in [-0.25, -0.2) is 9.67 Å². The maximum Gasteiger partial charge on any atom is 0.138 e. The standard InChI is InChI=1S/C13H27N7/c1-10(2)20-13(15-9-16-20)7-11(17-14)12-8-18(3)5-6-19(12)4/h9-12,17H,5-8,14H2,1-4H3. The predicted octanol–water partition coefficient (Wildman–Crippen LogP) is -0.521. The molecule has 1 aliphatic heterocycles. The molecular formula is C13H27N7. The van der Waals surface area contributed by atoms with Gasteiger partial charge in [0.2, 0.25) is 0 Å². The Balaban J connectivity index is 2.10. The number of likely N-dealkylation sites (N-methyl/N-ethyl adjacent to an activating group) is 2.